The Bertz CT molecular complexity index is 167. The SMILES string of the molecule is CC(C)(C)OC(O)N1CCC(O)C1. The fraction of sp³-hybridized carbons (Fsp3) is 1.00. The van der Waals surface area contributed by atoms with Crippen LogP contribution in [-0.4, -0.2) is 46.3 Å². The predicted octanol–water partition coefficient (Wildman–Crippen LogP) is 0.144. The fourth-order valence-corrected chi connectivity index (χ4v) is 1.36. The number of nitrogens with zero attached hydrogens (tertiary/aromatic N) is 1. The molecular weight excluding hydrogens is 170 g/mol. The summed E-state index contributed by atoms with van der Waals surface area (Å²) in [5.74, 6) is 0. The summed E-state index contributed by atoms with van der Waals surface area (Å²) in [4.78, 5) is 1.73. The minimum atomic E-state index is -0.892. The molecule has 0 aliphatic carbocycles. The summed E-state index contributed by atoms with van der Waals surface area (Å²) in [6.45, 7) is 6.86. The van der Waals surface area contributed by atoms with Gasteiger partial charge in [-0.3, -0.25) is 4.90 Å². The molecule has 0 aromatic rings. The Balaban J connectivity index is 2.36. The van der Waals surface area contributed by atoms with E-state index in [2.05, 4.69) is 0 Å². The molecule has 0 bridgehead atoms. The van der Waals surface area contributed by atoms with E-state index in [1.165, 1.54) is 0 Å². The molecule has 0 radical (unpaired) electrons. The van der Waals surface area contributed by atoms with Crippen molar-refractivity contribution >= 4 is 0 Å². The van der Waals surface area contributed by atoms with E-state index in [9.17, 15) is 10.2 Å². The molecule has 0 aromatic heterocycles. The molecular formula is C9H19NO3. The van der Waals surface area contributed by atoms with Crippen LogP contribution in [0.2, 0.25) is 0 Å². The maximum atomic E-state index is 9.59. The molecule has 13 heavy (non-hydrogen) atoms. The molecule has 2 atom stereocenters. The summed E-state index contributed by atoms with van der Waals surface area (Å²) in [5.41, 5.74) is -0.354. The summed E-state index contributed by atoms with van der Waals surface area (Å²) in [5, 5.41) is 18.8. The lowest BCUT2D eigenvalue weighted by Gasteiger charge is -2.29. The first-order chi connectivity index (χ1) is 5.88. The van der Waals surface area contributed by atoms with Gasteiger partial charge in [0.2, 0.25) is 6.41 Å². The Hall–Kier alpha value is -0.160. The summed E-state index contributed by atoms with van der Waals surface area (Å²) in [7, 11) is 0. The zero-order chi connectivity index (χ0) is 10.1. The van der Waals surface area contributed by atoms with Gasteiger partial charge in [0.1, 0.15) is 0 Å². The maximum Gasteiger partial charge on any atom is 0.216 e. The number of ether oxygens (including phenoxy) is 1. The fourth-order valence-electron chi connectivity index (χ4n) is 1.36. The zero-order valence-corrected chi connectivity index (χ0v) is 8.53. The molecule has 1 fully saturated rings. The van der Waals surface area contributed by atoms with E-state index in [1.54, 1.807) is 4.90 Å². The van der Waals surface area contributed by atoms with Crippen molar-refractivity contribution in [3.8, 4) is 0 Å². The molecule has 0 aromatic carbocycles. The third-order valence-electron chi connectivity index (χ3n) is 1.97. The summed E-state index contributed by atoms with van der Waals surface area (Å²) in [6.07, 6.45) is -0.500. The van der Waals surface area contributed by atoms with E-state index in [0.29, 0.717) is 19.5 Å². The first-order valence-corrected chi connectivity index (χ1v) is 4.66. The molecule has 0 saturated carbocycles. The largest absolute Gasteiger partial charge is 0.392 e. The Morgan fingerprint density at radius 3 is 2.46 bits per heavy atom. The van der Waals surface area contributed by atoms with Gasteiger partial charge in [-0.05, 0) is 27.2 Å². The van der Waals surface area contributed by atoms with Crippen LogP contribution >= 0.6 is 0 Å². The van der Waals surface area contributed by atoms with Gasteiger partial charge in [0.25, 0.3) is 0 Å². The van der Waals surface area contributed by atoms with Gasteiger partial charge in [0.15, 0.2) is 0 Å². The van der Waals surface area contributed by atoms with Crippen LogP contribution in [0.5, 0.6) is 0 Å². The number of hydrogen-bond donors (Lipinski definition) is 2. The predicted molar refractivity (Wildman–Crippen MR) is 49.0 cm³/mol. The van der Waals surface area contributed by atoms with Gasteiger partial charge in [-0.1, -0.05) is 0 Å². The molecule has 1 heterocycles. The maximum absolute atomic E-state index is 9.59. The highest BCUT2D eigenvalue weighted by atomic mass is 16.6. The average molecular weight is 189 g/mol. The van der Waals surface area contributed by atoms with Gasteiger partial charge >= 0.3 is 0 Å². The Morgan fingerprint density at radius 1 is 1.46 bits per heavy atom. The van der Waals surface area contributed by atoms with Gasteiger partial charge in [0.05, 0.1) is 11.7 Å². The second kappa shape index (κ2) is 3.92. The van der Waals surface area contributed by atoms with Crippen LogP contribution in [0.1, 0.15) is 27.2 Å². The van der Waals surface area contributed by atoms with Crippen molar-refractivity contribution in [1.29, 1.82) is 0 Å². The van der Waals surface area contributed by atoms with E-state index in [1.807, 2.05) is 20.8 Å². The quantitative estimate of drug-likeness (QED) is 0.607. The standard InChI is InChI=1S/C9H19NO3/c1-9(2,3)13-8(12)10-5-4-7(11)6-10/h7-8,11-12H,4-6H2,1-3H3. The normalized spacial score (nSPS) is 27.9. The van der Waals surface area contributed by atoms with Crippen molar-refractivity contribution < 1.29 is 14.9 Å². The lowest BCUT2D eigenvalue weighted by Crippen LogP contribution is -2.40. The van der Waals surface area contributed by atoms with E-state index in [-0.39, 0.29) is 11.7 Å². The summed E-state index contributed by atoms with van der Waals surface area (Å²) >= 11 is 0. The molecule has 1 aliphatic rings. The molecule has 1 rings (SSSR count). The molecule has 0 amide bonds. The van der Waals surface area contributed by atoms with Gasteiger partial charge < -0.3 is 14.9 Å². The number of aliphatic hydroxyl groups excluding tert-OH is 2. The minimum Gasteiger partial charge on any atom is -0.392 e. The number of hydrogen-bond acceptors (Lipinski definition) is 4. The molecule has 4 heteroatoms. The van der Waals surface area contributed by atoms with Gasteiger partial charge in [0, 0.05) is 13.1 Å². The van der Waals surface area contributed by atoms with Crippen LogP contribution in [0.25, 0.3) is 0 Å². The lowest BCUT2D eigenvalue weighted by atomic mass is 10.2. The molecule has 1 aliphatic heterocycles. The number of likely N-dealkylation sites (tertiary alicyclic amines) is 1. The smallest absolute Gasteiger partial charge is 0.216 e. The third kappa shape index (κ3) is 3.60. The summed E-state index contributed by atoms with van der Waals surface area (Å²) in [6, 6.07) is 0. The van der Waals surface area contributed by atoms with Crippen LogP contribution in [-0.2, 0) is 4.74 Å². The molecule has 78 valence electrons. The monoisotopic (exact) mass is 189 g/mol. The van der Waals surface area contributed by atoms with Crippen molar-refractivity contribution in [1.82, 2.24) is 4.90 Å². The highest BCUT2D eigenvalue weighted by Crippen LogP contribution is 2.16. The first kappa shape index (κ1) is 10.9. The van der Waals surface area contributed by atoms with E-state index in [4.69, 9.17) is 4.74 Å². The second-order valence-electron chi connectivity index (χ2n) is 4.49. The molecule has 4 nitrogen and oxygen atoms in total. The lowest BCUT2D eigenvalue weighted by molar-refractivity contribution is -0.235. The van der Waals surface area contributed by atoms with Crippen molar-refractivity contribution in [3.05, 3.63) is 0 Å². The zero-order valence-electron chi connectivity index (χ0n) is 8.53. The van der Waals surface area contributed by atoms with Crippen molar-refractivity contribution in [2.75, 3.05) is 13.1 Å². The Labute approximate surface area is 79.1 Å². The van der Waals surface area contributed by atoms with E-state index < -0.39 is 6.41 Å². The van der Waals surface area contributed by atoms with Crippen LogP contribution in [0, 0.1) is 0 Å². The van der Waals surface area contributed by atoms with Crippen molar-refractivity contribution in [2.24, 2.45) is 0 Å². The molecule has 2 unspecified atom stereocenters. The number of rotatable bonds is 2. The van der Waals surface area contributed by atoms with Crippen LogP contribution in [0.15, 0.2) is 0 Å². The van der Waals surface area contributed by atoms with Gasteiger partial charge in [-0.2, -0.15) is 0 Å². The van der Waals surface area contributed by atoms with E-state index in [0.717, 1.165) is 0 Å². The topological polar surface area (TPSA) is 52.9 Å². The van der Waals surface area contributed by atoms with Crippen LogP contribution < -0.4 is 0 Å². The highest BCUT2D eigenvalue weighted by Gasteiger charge is 2.28. The van der Waals surface area contributed by atoms with Crippen molar-refractivity contribution in [2.45, 2.75) is 45.3 Å². The van der Waals surface area contributed by atoms with Crippen LogP contribution in [0.3, 0.4) is 0 Å². The van der Waals surface area contributed by atoms with Gasteiger partial charge in [-0.15, -0.1) is 0 Å². The summed E-state index contributed by atoms with van der Waals surface area (Å²) < 4.78 is 5.34. The minimum absolute atomic E-state index is 0.321. The average Bonchev–Trinajstić information content (AvgIpc) is 2.31. The van der Waals surface area contributed by atoms with Gasteiger partial charge in [-0.25, -0.2) is 0 Å². The van der Waals surface area contributed by atoms with E-state index >= 15 is 0 Å². The third-order valence-corrected chi connectivity index (χ3v) is 1.97. The second-order valence-corrected chi connectivity index (χ2v) is 4.49. The highest BCUT2D eigenvalue weighted by molar-refractivity contribution is 4.74. The Kier molecular flexibility index (Phi) is 3.29. The molecule has 1 saturated heterocycles. The first-order valence-electron chi connectivity index (χ1n) is 4.66. The number of aliphatic hydroxyl groups is 2. The van der Waals surface area contributed by atoms with Crippen molar-refractivity contribution in [3.63, 3.8) is 0 Å². The van der Waals surface area contributed by atoms with Crippen LogP contribution in [0.4, 0.5) is 0 Å². The molecule has 2 N–H and O–H groups in total. The number of β-amino-alcohol motifs (C(OH)–C–C–N with tert-alkyl or cyclic N) is 1. The Morgan fingerprint density at radius 2 is 2.08 bits per heavy atom. The molecule has 0 spiro atoms.